The molecule has 0 atom stereocenters. The van der Waals surface area contributed by atoms with Crippen molar-refractivity contribution in [2.24, 2.45) is 0 Å². The lowest BCUT2D eigenvalue weighted by molar-refractivity contribution is -0.385. The lowest BCUT2D eigenvalue weighted by Crippen LogP contribution is -1.99. The van der Waals surface area contributed by atoms with Crippen molar-refractivity contribution >= 4 is 11.5 Å². The average Bonchev–Trinajstić information content (AvgIpc) is 2.42. The van der Waals surface area contributed by atoms with Gasteiger partial charge in [-0.25, -0.2) is 4.39 Å². The number of nitro benzene ring substituents is 1. The minimum Gasteiger partial charge on any atom is -0.454 e. The van der Waals surface area contributed by atoms with Crippen molar-refractivity contribution < 1.29 is 18.8 Å². The zero-order chi connectivity index (χ0) is 15.6. The van der Waals surface area contributed by atoms with Crippen LogP contribution in [0.3, 0.4) is 0 Å². The number of halogens is 1. The van der Waals surface area contributed by atoms with E-state index in [4.69, 9.17) is 4.74 Å². The summed E-state index contributed by atoms with van der Waals surface area (Å²) < 4.78 is 19.3. The second-order valence-corrected chi connectivity index (χ2v) is 4.48. The van der Waals surface area contributed by atoms with E-state index in [2.05, 4.69) is 0 Å². The summed E-state index contributed by atoms with van der Waals surface area (Å²) in [6.45, 7) is 2.86. The first-order chi connectivity index (χ1) is 9.90. The third-order valence-electron chi connectivity index (χ3n) is 2.93. The number of ketones is 1. The van der Waals surface area contributed by atoms with Gasteiger partial charge < -0.3 is 4.74 Å². The number of carbonyl (C=O) groups is 1. The molecule has 0 aromatic heterocycles. The van der Waals surface area contributed by atoms with E-state index < -0.39 is 10.7 Å². The molecular formula is C15H12FNO4. The normalized spacial score (nSPS) is 10.2. The van der Waals surface area contributed by atoms with Crippen LogP contribution >= 0.6 is 0 Å². The fourth-order valence-corrected chi connectivity index (χ4v) is 1.88. The van der Waals surface area contributed by atoms with Crippen molar-refractivity contribution in [2.45, 2.75) is 13.8 Å². The van der Waals surface area contributed by atoms with E-state index in [0.29, 0.717) is 5.56 Å². The first-order valence-electron chi connectivity index (χ1n) is 6.12. The molecule has 0 aliphatic carbocycles. The standard InChI is InChI=1S/C15H12FNO4/c1-9-7-15(12(16)8-13(9)17(19)20)21-14-6-4-3-5-11(14)10(2)18/h3-8H,1-2H3. The number of aryl methyl sites for hydroxylation is 1. The molecule has 108 valence electrons. The van der Waals surface area contributed by atoms with Crippen molar-refractivity contribution in [2.75, 3.05) is 0 Å². The van der Waals surface area contributed by atoms with E-state index in [-0.39, 0.29) is 28.5 Å². The maximum atomic E-state index is 13.9. The molecule has 6 heteroatoms. The molecule has 0 saturated carbocycles. The Morgan fingerprint density at radius 2 is 1.90 bits per heavy atom. The van der Waals surface area contributed by atoms with Crippen LogP contribution in [0.15, 0.2) is 36.4 Å². The van der Waals surface area contributed by atoms with Gasteiger partial charge in [0.1, 0.15) is 5.75 Å². The lowest BCUT2D eigenvalue weighted by atomic mass is 10.1. The number of carbonyl (C=O) groups excluding carboxylic acids is 1. The largest absolute Gasteiger partial charge is 0.454 e. The van der Waals surface area contributed by atoms with Crippen LogP contribution in [0.4, 0.5) is 10.1 Å². The summed E-state index contributed by atoms with van der Waals surface area (Å²) in [5.74, 6) is -1.03. The zero-order valence-corrected chi connectivity index (χ0v) is 11.4. The van der Waals surface area contributed by atoms with Crippen LogP contribution in [0.5, 0.6) is 11.5 Å². The van der Waals surface area contributed by atoms with E-state index in [1.54, 1.807) is 18.2 Å². The van der Waals surface area contributed by atoms with Gasteiger partial charge in [0.05, 0.1) is 16.6 Å². The second-order valence-electron chi connectivity index (χ2n) is 4.48. The summed E-state index contributed by atoms with van der Waals surface area (Å²) in [5.41, 5.74) is 0.268. The first-order valence-corrected chi connectivity index (χ1v) is 6.12. The molecule has 2 aromatic carbocycles. The van der Waals surface area contributed by atoms with Crippen LogP contribution in [-0.2, 0) is 0 Å². The predicted octanol–water partition coefficient (Wildman–Crippen LogP) is 4.04. The van der Waals surface area contributed by atoms with Crippen LogP contribution in [0.1, 0.15) is 22.8 Å². The third kappa shape index (κ3) is 3.05. The van der Waals surface area contributed by atoms with Gasteiger partial charge in [0.15, 0.2) is 17.3 Å². The minimum atomic E-state index is -0.856. The Morgan fingerprint density at radius 3 is 2.52 bits per heavy atom. The summed E-state index contributed by atoms with van der Waals surface area (Å²) in [6, 6.07) is 8.46. The van der Waals surface area contributed by atoms with Crippen LogP contribution in [0, 0.1) is 22.9 Å². The molecule has 0 unspecified atom stereocenters. The van der Waals surface area contributed by atoms with Crippen LogP contribution in [0.25, 0.3) is 0 Å². The number of nitrogens with zero attached hydrogens (tertiary/aromatic N) is 1. The Bertz CT molecular complexity index is 728. The molecule has 0 aliphatic heterocycles. The van der Waals surface area contributed by atoms with E-state index in [0.717, 1.165) is 6.07 Å². The van der Waals surface area contributed by atoms with Crippen molar-refractivity contribution in [3.63, 3.8) is 0 Å². The molecule has 0 saturated heterocycles. The van der Waals surface area contributed by atoms with Gasteiger partial charge in [-0.3, -0.25) is 14.9 Å². The highest BCUT2D eigenvalue weighted by Crippen LogP contribution is 2.32. The second kappa shape index (κ2) is 5.70. The van der Waals surface area contributed by atoms with Gasteiger partial charge in [-0.2, -0.15) is 0 Å². The highest BCUT2D eigenvalue weighted by molar-refractivity contribution is 5.96. The number of ether oxygens (including phenoxy) is 1. The van der Waals surface area contributed by atoms with E-state index in [1.807, 2.05) is 0 Å². The van der Waals surface area contributed by atoms with Gasteiger partial charge in [-0.15, -0.1) is 0 Å². The van der Waals surface area contributed by atoms with E-state index >= 15 is 0 Å². The maximum absolute atomic E-state index is 13.9. The van der Waals surface area contributed by atoms with Crippen molar-refractivity contribution in [1.82, 2.24) is 0 Å². The molecule has 0 aliphatic rings. The Balaban J connectivity index is 2.44. The highest BCUT2D eigenvalue weighted by Gasteiger charge is 2.18. The Labute approximate surface area is 120 Å². The lowest BCUT2D eigenvalue weighted by Gasteiger charge is -2.10. The van der Waals surface area contributed by atoms with Gasteiger partial charge in [0.25, 0.3) is 5.69 Å². The molecule has 0 N–H and O–H groups in total. The number of Topliss-reactive ketones (excluding diaryl/α,β-unsaturated/α-hetero) is 1. The van der Waals surface area contributed by atoms with E-state index in [1.165, 1.54) is 26.0 Å². The Morgan fingerprint density at radius 1 is 1.24 bits per heavy atom. The van der Waals surface area contributed by atoms with Gasteiger partial charge in [0.2, 0.25) is 0 Å². The highest BCUT2D eigenvalue weighted by atomic mass is 19.1. The van der Waals surface area contributed by atoms with Crippen LogP contribution < -0.4 is 4.74 Å². The fourth-order valence-electron chi connectivity index (χ4n) is 1.88. The molecule has 2 aromatic rings. The molecular weight excluding hydrogens is 277 g/mol. The van der Waals surface area contributed by atoms with Gasteiger partial charge in [0, 0.05) is 5.56 Å². The Hall–Kier alpha value is -2.76. The number of benzene rings is 2. The summed E-state index contributed by atoms with van der Waals surface area (Å²) >= 11 is 0. The fraction of sp³-hybridized carbons (Fsp3) is 0.133. The number of nitro groups is 1. The molecule has 0 amide bonds. The first kappa shape index (κ1) is 14.6. The molecule has 5 nitrogen and oxygen atoms in total. The zero-order valence-electron chi connectivity index (χ0n) is 11.4. The molecule has 0 fully saturated rings. The van der Waals surface area contributed by atoms with Crippen molar-refractivity contribution in [1.29, 1.82) is 0 Å². The SMILES string of the molecule is CC(=O)c1ccccc1Oc1cc(C)c([N+](=O)[O-])cc1F. The van der Waals surface area contributed by atoms with Crippen molar-refractivity contribution in [3.05, 3.63) is 63.5 Å². The molecule has 21 heavy (non-hydrogen) atoms. The summed E-state index contributed by atoms with van der Waals surface area (Å²) in [6.07, 6.45) is 0. The molecule has 2 rings (SSSR count). The van der Waals surface area contributed by atoms with Crippen LogP contribution in [-0.4, -0.2) is 10.7 Å². The van der Waals surface area contributed by atoms with Gasteiger partial charge in [-0.1, -0.05) is 12.1 Å². The van der Waals surface area contributed by atoms with Gasteiger partial charge in [-0.05, 0) is 32.0 Å². The topological polar surface area (TPSA) is 69.4 Å². The predicted molar refractivity (Wildman–Crippen MR) is 74.3 cm³/mol. The minimum absolute atomic E-state index is 0.160. The quantitative estimate of drug-likeness (QED) is 0.484. The van der Waals surface area contributed by atoms with Gasteiger partial charge >= 0.3 is 0 Å². The number of hydrogen-bond donors (Lipinski definition) is 0. The van der Waals surface area contributed by atoms with Crippen LogP contribution in [0.2, 0.25) is 0 Å². The molecule has 0 heterocycles. The number of para-hydroxylation sites is 1. The average molecular weight is 289 g/mol. The summed E-state index contributed by atoms with van der Waals surface area (Å²) in [5, 5.41) is 10.7. The summed E-state index contributed by atoms with van der Waals surface area (Å²) in [4.78, 5) is 21.6. The molecule has 0 radical (unpaired) electrons. The Kier molecular flexibility index (Phi) is 3.98. The number of hydrogen-bond acceptors (Lipinski definition) is 4. The monoisotopic (exact) mass is 289 g/mol. The summed E-state index contributed by atoms with van der Waals surface area (Å²) in [7, 11) is 0. The van der Waals surface area contributed by atoms with E-state index in [9.17, 15) is 19.3 Å². The molecule has 0 bridgehead atoms. The van der Waals surface area contributed by atoms with Crippen molar-refractivity contribution in [3.8, 4) is 11.5 Å². The molecule has 0 spiro atoms. The number of rotatable bonds is 4. The smallest absolute Gasteiger partial charge is 0.275 e. The maximum Gasteiger partial charge on any atom is 0.275 e. The third-order valence-corrected chi connectivity index (χ3v) is 2.93.